The van der Waals surface area contributed by atoms with E-state index < -0.39 is 36.2 Å². The molecule has 7 atom stereocenters. The first kappa shape index (κ1) is 29.4. The minimum atomic E-state index is -1.66. The topological polar surface area (TPSA) is 99.2 Å². The Morgan fingerprint density at radius 2 is 1.70 bits per heavy atom. The maximum absolute atomic E-state index is 15.1. The molecule has 1 saturated heterocycles. The summed E-state index contributed by atoms with van der Waals surface area (Å²) in [6.07, 6.45) is 8.86. The molecule has 5 rings (SSSR count). The van der Waals surface area contributed by atoms with Crippen LogP contribution in [0.5, 0.6) is 0 Å². The number of nitrogens with one attached hydrogen (secondary N) is 1. The van der Waals surface area contributed by atoms with Gasteiger partial charge in [-0.2, -0.15) is 0 Å². The van der Waals surface area contributed by atoms with Gasteiger partial charge < -0.3 is 20.1 Å². The second kappa shape index (κ2) is 13.3. The average molecular weight is 566 g/mol. The van der Waals surface area contributed by atoms with Gasteiger partial charge >= 0.3 is 5.97 Å². The molecule has 5 aliphatic rings. The van der Waals surface area contributed by atoms with Crippen molar-refractivity contribution >= 4 is 17.8 Å². The molecule has 0 aromatic carbocycles. The molecule has 0 radical (unpaired) electrons. The SMILES string of the molecule is O=C(O)C(CC1CCCC(CN2C(=O)C=CC3CCCCC32)C1)NC(=O)C1C(F)CC(N2CCOCC2)CC1F. The Labute approximate surface area is 235 Å². The van der Waals surface area contributed by atoms with Crippen molar-refractivity contribution in [3.8, 4) is 0 Å². The van der Waals surface area contributed by atoms with Crippen LogP contribution in [0.3, 0.4) is 0 Å². The lowest BCUT2D eigenvalue weighted by Gasteiger charge is -2.43. The Hall–Kier alpha value is -2.07. The number of alkyl halides is 2. The predicted octanol–water partition coefficient (Wildman–Crippen LogP) is 3.50. The highest BCUT2D eigenvalue weighted by Crippen LogP contribution is 2.38. The second-order valence-corrected chi connectivity index (χ2v) is 12.7. The van der Waals surface area contributed by atoms with E-state index in [1.165, 1.54) is 6.42 Å². The molecule has 4 fully saturated rings. The Morgan fingerprint density at radius 1 is 1.00 bits per heavy atom. The van der Waals surface area contributed by atoms with Crippen LogP contribution in [-0.4, -0.2) is 96.0 Å². The molecule has 2 amide bonds. The maximum atomic E-state index is 15.1. The van der Waals surface area contributed by atoms with Gasteiger partial charge in [0.05, 0.1) is 13.2 Å². The van der Waals surface area contributed by atoms with Crippen LogP contribution >= 0.6 is 0 Å². The minimum absolute atomic E-state index is 0.0623. The Morgan fingerprint density at radius 3 is 2.42 bits per heavy atom. The van der Waals surface area contributed by atoms with Crippen LogP contribution in [0.25, 0.3) is 0 Å². The smallest absolute Gasteiger partial charge is 0.326 e. The third-order valence-electron chi connectivity index (χ3n) is 10.1. The van der Waals surface area contributed by atoms with Crippen molar-refractivity contribution < 1.29 is 33.0 Å². The zero-order valence-electron chi connectivity index (χ0n) is 23.4. The monoisotopic (exact) mass is 565 g/mol. The van der Waals surface area contributed by atoms with Gasteiger partial charge in [0.25, 0.3) is 0 Å². The van der Waals surface area contributed by atoms with Crippen molar-refractivity contribution in [3.63, 3.8) is 0 Å². The number of carboxylic acids is 1. The molecule has 8 nitrogen and oxygen atoms in total. The highest BCUT2D eigenvalue weighted by atomic mass is 19.1. The van der Waals surface area contributed by atoms with Gasteiger partial charge in [-0.1, -0.05) is 31.8 Å². The van der Waals surface area contributed by atoms with E-state index in [2.05, 4.69) is 11.4 Å². The fraction of sp³-hybridized carbons (Fsp3) is 0.833. The highest BCUT2D eigenvalue weighted by Gasteiger charge is 2.45. The number of halogens is 2. The number of hydrogen-bond donors (Lipinski definition) is 2. The summed E-state index contributed by atoms with van der Waals surface area (Å²) in [6.45, 7) is 2.99. The molecule has 7 unspecified atom stereocenters. The average Bonchev–Trinajstić information content (AvgIpc) is 2.94. The molecule has 2 aliphatic heterocycles. The number of carboxylic acid groups (broad SMARTS) is 1. The standard InChI is InChI=1S/C30H45F2N3O5/c31-23-16-22(34-10-12-40-13-11-34)17-24(32)28(23)29(37)33-25(30(38)39)15-19-4-3-5-20(14-19)18-35-26-7-2-1-6-21(26)8-9-27(35)36/h8-9,19-26,28H,1-7,10-18H2,(H,33,37)(H,38,39). The molecule has 3 aliphatic carbocycles. The van der Waals surface area contributed by atoms with E-state index in [0.29, 0.717) is 38.8 Å². The van der Waals surface area contributed by atoms with Crippen molar-refractivity contribution in [1.29, 1.82) is 0 Å². The van der Waals surface area contributed by atoms with Crippen molar-refractivity contribution in [2.24, 2.45) is 23.7 Å². The zero-order valence-corrected chi connectivity index (χ0v) is 23.4. The van der Waals surface area contributed by atoms with Crippen molar-refractivity contribution in [3.05, 3.63) is 12.2 Å². The van der Waals surface area contributed by atoms with Gasteiger partial charge in [0, 0.05) is 31.7 Å². The quantitative estimate of drug-likeness (QED) is 0.468. The third kappa shape index (κ3) is 6.86. The van der Waals surface area contributed by atoms with Crippen molar-refractivity contribution in [1.82, 2.24) is 15.1 Å². The molecule has 224 valence electrons. The van der Waals surface area contributed by atoms with Crippen LogP contribution in [0.2, 0.25) is 0 Å². The van der Waals surface area contributed by atoms with E-state index in [9.17, 15) is 19.5 Å². The number of ether oxygens (including phenoxy) is 1. The van der Waals surface area contributed by atoms with Gasteiger partial charge in [0.15, 0.2) is 0 Å². The Balaban J connectivity index is 1.15. The Bertz CT molecular complexity index is 932. The molecule has 0 aromatic heterocycles. The van der Waals surface area contributed by atoms with E-state index >= 15 is 8.78 Å². The lowest BCUT2D eigenvalue weighted by molar-refractivity contribution is -0.145. The number of carbonyl (C=O) groups excluding carboxylic acids is 2. The van der Waals surface area contributed by atoms with E-state index in [0.717, 1.165) is 44.9 Å². The third-order valence-corrected chi connectivity index (χ3v) is 10.1. The highest BCUT2D eigenvalue weighted by molar-refractivity contribution is 5.89. The molecule has 0 bridgehead atoms. The number of carbonyl (C=O) groups is 3. The summed E-state index contributed by atoms with van der Waals surface area (Å²) < 4.78 is 35.6. The number of rotatable bonds is 8. The number of fused-ring (bicyclic) bond motifs is 1. The summed E-state index contributed by atoms with van der Waals surface area (Å²) in [4.78, 5) is 42.0. The maximum Gasteiger partial charge on any atom is 0.326 e. The molecular formula is C30H45F2N3O5. The summed E-state index contributed by atoms with van der Waals surface area (Å²) in [6, 6.07) is -1.20. The summed E-state index contributed by atoms with van der Waals surface area (Å²) in [5, 5.41) is 12.4. The fourth-order valence-electron chi connectivity index (χ4n) is 8.03. The lowest BCUT2D eigenvalue weighted by Crippen LogP contribution is -2.55. The molecular weight excluding hydrogens is 520 g/mol. The summed E-state index contributed by atoms with van der Waals surface area (Å²) >= 11 is 0. The van der Waals surface area contributed by atoms with Crippen LogP contribution in [0, 0.1) is 23.7 Å². The molecule has 2 heterocycles. The van der Waals surface area contributed by atoms with Gasteiger partial charge in [-0.15, -0.1) is 0 Å². The molecule has 40 heavy (non-hydrogen) atoms. The van der Waals surface area contributed by atoms with Crippen LogP contribution in [-0.2, 0) is 19.1 Å². The van der Waals surface area contributed by atoms with Crippen molar-refractivity contribution in [2.75, 3.05) is 32.8 Å². The van der Waals surface area contributed by atoms with E-state index in [1.807, 2.05) is 9.80 Å². The minimum Gasteiger partial charge on any atom is -0.480 e. The van der Waals surface area contributed by atoms with Gasteiger partial charge in [-0.3, -0.25) is 14.5 Å². The van der Waals surface area contributed by atoms with E-state index in [4.69, 9.17) is 4.74 Å². The lowest BCUT2D eigenvalue weighted by atomic mass is 9.76. The zero-order chi connectivity index (χ0) is 28.2. The molecule has 3 saturated carbocycles. The van der Waals surface area contributed by atoms with E-state index in [-0.39, 0.29) is 49.1 Å². The Kier molecular flexibility index (Phi) is 9.76. The van der Waals surface area contributed by atoms with Crippen LogP contribution in [0.15, 0.2) is 12.2 Å². The first-order valence-electron chi connectivity index (χ1n) is 15.4. The van der Waals surface area contributed by atoms with Gasteiger partial charge in [0.2, 0.25) is 11.8 Å². The summed E-state index contributed by atoms with van der Waals surface area (Å²) in [5.41, 5.74) is 0. The first-order valence-corrected chi connectivity index (χ1v) is 15.4. The molecule has 0 spiro atoms. The molecule has 2 N–H and O–H groups in total. The fourth-order valence-corrected chi connectivity index (χ4v) is 8.03. The van der Waals surface area contributed by atoms with Crippen LogP contribution < -0.4 is 5.32 Å². The van der Waals surface area contributed by atoms with Crippen LogP contribution in [0.1, 0.15) is 70.6 Å². The van der Waals surface area contributed by atoms with Gasteiger partial charge in [-0.25, -0.2) is 13.6 Å². The first-order chi connectivity index (χ1) is 19.3. The van der Waals surface area contributed by atoms with Gasteiger partial charge in [0.1, 0.15) is 24.3 Å². The van der Waals surface area contributed by atoms with Gasteiger partial charge in [-0.05, 0) is 68.8 Å². The summed E-state index contributed by atoms with van der Waals surface area (Å²) in [5.74, 6) is -2.65. The number of nitrogens with zero attached hydrogens (tertiary/aromatic N) is 2. The largest absolute Gasteiger partial charge is 0.480 e. The number of aliphatic carboxylic acids is 1. The number of hydrogen-bond acceptors (Lipinski definition) is 5. The second-order valence-electron chi connectivity index (χ2n) is 12.7. The van der Waals surface area contributed by atoms with Crippen LogP contribution in [0.4, 0.5) is 8.78 Å². The predicted molar refractivity (Wildman–Crippen MR) is 145 cm³/mol. The van der Waals surface area contributed by atoms with E-state index in [1.54, 1.807) is 6.08 Å². The molecule has 10 heteroatoms. The van der Waals surface area contributed by atoms with Crippen molar-refractivity contribution in [2.45, 2.75) is 101 Å². The normalized spacial score (nSPS) is 38.0. The molecule has 0 aromatic rings. The summed E-state index contributed by atoms with van der Waals surface area (Å²) in [7, 11) is 0. The number of morpholine rings is 1. The number of amides is 2.